The van der Waals surface area contributed by atoms with Gasteiger partial charge in [0.05, 0.1) is 26.4 Å². The number of guanidine groups is 2. The monoisotopic (exact) mass is 847 g/mol. The van der Waals surface area contributed by atoms with Crippen molar-refractivity contribution in [1.29, 1.82) is 0 Å². The van der Waals surface area contributed by atoms with E-state index >= 15 is 0 Å². The highest BCUT2D eigenvalue weighted by Crippen LogP contribution is 2.12. The molecule has 0 amide bonds. The maximum absolute atomic E-state index is 6.02. The standard InChI is InChI=1S/C50H102N8O2/c1-3-5-7-9-11-13-15-17-19-21-23-25-27-29-31-33-39-57(41-35-37-55-49(51)52)43-45-59-47-48-60-46-44-58(42-36-38-56-50(53)54)40-34-32-30-28-26-24-22-20-18-16-14-12-10-8-6-4-2/h17-20H,3-16,21-48H2,1-2H3,(H4,51,52,55)(H4,53,54,56)/b19-17+,20-18+. The minimum absolute atomic E-state index is 0.172. The summed E-state index contributed by atoms with van der Waals surface area (Å²) in [5.74, 6) is 0.344. The van der Waals surface area contributed by atoms with Gasteiger partial charge in [0.15, 0.2) is 11.9 Å². The molecule has 0 heterocycles. The first kappa shape index (κ1) is 57.9. The molecule has 0 aliphatic rings. The third-order valence-corrected chi connectivity index (χ3v) is 11.3. The molecule has 354 valence electrons. The Hall–Kier alpha value is -2.14. The maximum Gasteiger partial charge on any atom is 0.185 e. The first-order chi connectivity index (χ1) is 29.5. The number of nitrogens with two attached hydrogens (primary N) is 4. The molecule has 0 aromatic rings. The predicted octanol–water partition coefficient (Wildman–Crippen LogP) is 11.0. The summed E-state index contributed by atoms with van der Waals surface area (Å²) >= 11 is 0. The summed E-state index contributed by atoms with van der Waals surface area (Å²) in [5.41, 5.74) is 22.2. The molecule has 0 saturated heterocycles. The second-order valence-corrected chi connectivity index (χ2v) is 17.1. The molecular formula is C50H102N8O2. The van der Waals surface area contributed by atoms with Gasteiger partial charge in [-0.3, -0.25) is 9.98 Å². The van der Waals surface area contributed by atoms with E-state index < -0.39 is 0 Å². The van der Waals surface area contributed by atoms with Gasteiger partial charge in [-0.25, -0.2) is 0 Å². The second kappa shape index (κ2) is 49.5. The quantitative estimate of drug-likeness (QED) is 0.0204. The summed E-state index contributed by atoms with van der Waals surface area (Å²) in [6, 6.07) is 0. The fourth-order valence-electron chi connectivity index (χ4n) is 7.55. The van der Waals surface area contributed by atoms with Crippen LogP contribution in [0.5, 0.6) is 0 Å². The third-order valence-electron chi connectivity index (χ3n) is 11.3. The second-order valence-electron chi connectivity index (χ2n) is 17.1. The fourth-order valence-corrected chi connectivity index (χ4v) is 7.55. The van der Waals surface area contributed by atoms with Gasteiger partial charge >= 0.3 is 0 Å². The summed E-state index contributed by atoms with van der Waals surface area (Å²) < 4.78 is 12.0. The minimum atomic E-state index is 0.172. The van der Waals surface area contributed by atoms with E-state index in [0.717, 1.165) is 52.1 Å². The predicted molar refractivity (Wildman–Crippen MR) is 264 cm³/mol. The zero-order chi connectivity index (χ0) is 43.7. The van der Waals surface area contributed by atoms with E-state index in [1.807, 2.05) is 0 Å². The summed E-state index contributed by atoms with van der Waals surface area (Å²) in [6.07, 6.45) is 48.8. The topological polar surface area (TPSA) is 154 Å². The first-order valence-electron chi connectivity index (χ1n) is 25.5. The Morgan fingerprint density at radius 3 is 0.950 bits per heavy atom. The van der Waals surface area contributed by atoms with Crippen LogP contribution in [-0.4, -0.2) is 101 Å². The number of hydrogen-bond donors (Lipinski definition) is 4. The van der Waals surface area contributed by atoms with E-state index in [-0.39, 0.29) is 11.9 Å². The van der Waals surface area contributed by atoms with Crippen LogP contribution in [0.2, 0.25) is 0 Å². The van der Waals surface area contributed by atoms with Crippen molar-refractivity contribution >= 4 is 11.9 Å². The highest BCUT2D eigenvalue weighted by atomic mass is 16.5. The molecule has 10 nitrogen and oxygen atoms in total. The van der Waals surface area contributed by atoms with Crippen LogP contribution < -0.4 is 22.9 Å². The molecule has 0 aromatic heterocycles. The molecule has 60 heavy (non-hydrogen) atoms. The molecule has 0 saturated carbocycles. The Balaban J connectivity index is 4.18. The van der Waals surface area contributed by atoms with E-state index in [1.165, 1.54) is 180 Å². The van der Waals surface area contributed by atoms with Crippen molar-refractivity contribution in [2.45, 2.75) is 206 Å². The largest absolute Gasteiger partial charge is 0.378 e. The number of allylic oxidation sites excluding steroid dienone is 4. The molecule has 0 aliphatic carbocycles. The molecule has 0 radical (unpaired) electrons. The lowest BCUT2D eigenvalue weighted by molar-refractivity contribution is 0.0307. The van der Waals surface area contributed by atoms with Gasteiger partial charge in [0.2, 0.25) is 0 Å². The molecule has 0 unspecified atom stereocenters. The van der Waals surface area contributed by atoms with Crippen molar-refractivity contribution in [3.05, 3.63) is 24.3 Å². The molecular weight excluding hydrogens is 745 g/mol. The van der Waals surface area contributed by atoms with Crippen molar-refractivity contribution < 1.29 is 9.47 Å². The third kappa shape index (κ3) is 48.5. The first-order valence-corrected chi connectivity index (χ1v) is 25.5. The number of hydrogen-bond acceptors (Lipinski definition) is 6. The van der Waals surface area contributed by atoms with Crippen molar-refractivity contribution in [2.75, 3.05) is 78.8 Å². The molecule has 8 N–H and O–H groups in total. The van der Waals surface area contributed by atoms with Crippen LogP contribution in [0.25, 0.3) is 0 Å². The Bertz CT molecular complexity index is 892. The van der Waals surface area contributed by atoms with Crippen LogP contribution in [-0.2, 0) is 9.47 Å². The molecule has 0 fully saturated rings. The zero-order valence-electron chi connectivity index (χ0n) is 39.9. The van der Waals surface area contributed by atoms with Gasteiger partial charge < -0.3 is 42.2 Å². The van der Waals surface area contributed by atoms with Gasteiger partial charge in [0.25, 0.3) is 0 Å². The van der Waals surface area contributed by atoms with Gasteiger partial charge in [-0.05, 0) is 103 Å². The van der Waals surface area contributed by atoms with Crippen LogP contribution in [0.1, 0.15) is 206 Å². The van der Waals surface area contributed by atoms with Crippen LogP contribution in [0, 0.1) is 0 Å². The number of unbranched alkanes of at least 4 members (excludes halogenated alkanes) is 24. The molecule has 0 aromatic carbocycles. The van der Waals surface area contributed by atoms with Gasteiger partial charge in [-0.2, -0.15) is 0 Å². The summed E-state index contributed by atoms with van der Waals surface area (Å²) in [4.78, 5) is 13.4. The molecule has 10 heteroatoms. The SMILES string of the molecule is CCCCCCCC/C=C/CCCCCCCCN(CCCN=C(N)N)CCOCCOCCN(CCCCCCCC/C=C/CCCCCCCC)CCCN=C(N)N. The Morgan fingerprint density at radius 2 is 0.633 bits per heavy atom. The van der Waals surface area contributed by atoms with Crippen molar-refractivity contribution in [1.82, 2.24) is 9.80 Å². The average molecular weight is 847 g/mol. The van der Waals surface area contributed by atoms with E-state index in [1.54, 1.807) is 0 Å². The van der Waals surface area contributed by atoms with Crippen molar-refractivity contribution in [2.24, 2.45) is 32.9 Å². The Labute approximate surface area is 372 Å². The average Bonchev–Trinajstić information content (AvgIpc) is 3.23. The normalized spacial score (nSPS) is 11.9. The van der Waals surface area contributed by atoms with Crippen molar-refractivity contribution in [3.8, 4) is 0 Å². The molecule has 0 rings (SSSR count). The number of ether oxygens (including phenoxy) is 2. The van der Waals surface area contributed by atoms with Crippen LogP contribution in [0.4, 0.5) is 0 Å². The summed E-state index contributed by atoms with van der Waals surface area (Å²) in [6.45, 7) is 14.6. The number of rotatable bonds is 49. The Morgan fingerprint density at radius 1 is 0.350 bits per heavy atom. The highest BCUT2D eigenvalue weighted by Gasteiger charge is 2.07. The lowest BCUT2D eigenvalue weighted by atomic mass is 10.1. The lowest BCUT2D eigenvalue weighted by Gasteiger charge is -2.22. The molecule has 0 spiro atoms. The highest BCUT2D eigenvalue weighted by molar-refractivity contribution is 5.75. The van der Waals surface area contributed by atoms with E-state index in [0.29, 0.717) is 39.5 Å². The summed E-state index contributed by atoms with van der Waals surface area (Å²) in [5, 5.41) is 0. The number of nitrogens with zero attached hydrogens (tertiary/aromatic N) is 4. The van der Waals surface area contributed by atoms with E-state index in [2.05, 4.69) is 57.9 Å². The van der Waals surface area contributed by atoms with E-state index in [9.17, 15) is 0 Å². The zero-order valence-corrected chi connectivity index (χ0v) is 39.9. The smallest absolute Gasteiger partial charge is 0.185 e. The van der Waals surface area contributed by atoms with Gasteiger partial charge in [0, 0.05) is 26.2 Å². The van der Waals surface area contributed by atoms with Gasteiger partial charge in [0.1, 0.15) is 0 Å². The van der Waals surface area contributed by atoms with Gasteiger partial charge in [-0.1, -0.05) is 154 Å². The fraction of sp³-hybridized carbons (Fsp3) is 0.880. The molecule has 0 aliphatic heterocycles. The van der Waals surface area contributed by atoms with Crippen LogP contribution in [0.15, 0.2) is 34.3 Å². The number of aliphatic imine (C=N–C) groups is 2. The van der Waals surface area contributed by atoms with Crippen LogP contribution in [0.3, 0.4) is 0 Å². The van der Waals surface area contributed by atoms with E-state index in [4.69, 9.17) is 32.4 Å². The van der Waals surface area contributed by atoms with Gasteiger partial charge in [-0.15, -0.1) is 0 Å². The van der Waals surface area contributed by atoms with Crippen LogP contribution >= 0.6 is 0 Å². The van der Waals surface area contributed by atoms with Crippen molar-refractivity contribution in [3.63, 3.8) is 0 Å². The molecule has 0 bridgehead atoms. The minimum Gasteiger partial charge on any atom is -0.378 e. The lowest BCUT2D eigenvalue weighted by Crippen LogP contribution is -2.31. The molecule has 0 atom stereocenters. The Kier molecular flexibility index (Phi) is 47.7. The maximum atomic E-state index is 6.02. The summed E-state index contributed by atoms with van der Waals surface area (Å²) in [7, 11) is 0.